The van der Waals surface area contributed by atoms with E-state index in [1.165, 1.54) is 18.2 Å². The normalized spacial score (nSPS) is 11.7. The lowest BCUT2D eigenvalue weighted by Gasteiger charge is -2.08. The first-order valence-electron chi connectivity index (χ1n) is 5.09. The van der Waals surface area contributed by atoms with Crippen molar-refractivity contribution in [3.8, 4) is 0 Å². The van der Waals surface area contributed by atoms with Crippen LogP contribution in [-0.2, 0) is 14.6 Å². The summed E-state index contributed by atoms with van der Waals surface area (Å²) in [5, 5.41) is 2.63. The maximum Gasteiger partial charge on any atom is 0.248 e. The predicted molar refractivity (Wildman–Crippen MR) is 67.7 cm³/mol. The van der Waals surface area contributed by atoms with Crippen molar-refractivity contribution in [1.82, 2.24) is 0 Å². The molecule has 0 atom stereocenters. The molecule has 0 heterocycles. The lowest BCUT2D eigenvalue weighted by Crippen LogP contribution is -2.10. The van der Waals surface area contributed by atoms with Crippen LogP contribution >= 0.6 is 0 Å². The van der Waals surface area contributed by atoms with Gasteiger partial charge in [0.1, 0.15) is 0 Å². The van der Waals surface area contributed by atoms with Crippen molar-refractivity contribution in [3.05, 3.63) is 35.9 Å². The molecule has 17 heavy (non-hydrogen) atoms. The molecule has 0 aromatic heterocycles. The summed E-state index contributed by atoms with van der Waals surface area (Å²) in [7, 11) is -3.26. The number of hydrogen-bond donors (Lipinski definition) is 1. The number of allylic oxidation sites excluding steroid dienone is 1. The molecule has 0 radical (unpaired) electrons. The van der Waals surface area contributed by atoms with E-state index >= 15 is 0 Å². The molecular formula is C12H15NO3S. The van der Waals surface area contributed by atoms with E-state index in [0.717, 1.165) is 11.8 Å². The van der Waals surface area contributed by atoms with Gasteiger partial charge in [-0.1, -0.05) is 12.1 Å². The Hall–Kier alpha value is -1.62. The van der Waals surface area contributed by atoms with Crippen LogP contribution in [0.25, 0.3) is 0 Å². The molecule has 92 valence electrons. The highest BCUT2D eigenvalue weighted by Crippen LogP contribution is 2.20. The van der Waals surface area contributed by atoms with Crippen molar-refractivity contribution in [1.29, 1.82) is 0 Å². The third-order valence-corrected chi connectivity index (χ3v) is 3.32. The summed E-state index contributed by atoms with van der Waals surface area (Å²) in [6, 6.07) is 4.66. The van der Waals surface area contributed by atoms with E-state index in [0.29, 0.717) is 5.69 Å². The van der Waals surface area contributed by atoms with Gasteiger partial charge in [0.15, 0.2) is 9.84 Å². The molecule has 0 unspecified atom stereocenters. The van der Waals surface area contributed by atoms with E-state index < -0.39 is 9.84 Å². The molecule has 1 N–H and O–H groups in total. The van der Waals surface area contributed by atoms with E-state index in [2.05, 4.69) is 5.32 Å². The van der Waals surface area contributed by atoms with Crippen molar-refractivity contribution in [2.75, 3.05) is 11.6 Å². The largest absolute Gasteiger partial charge is 0.322 e. The summed E-state index contributed by atoms with van der Waals surface area (Å²) in [6.07, 6.45) is 4.13. The van der Waals surface area contributed by atoms with Crippen LogP contribution in [0.15, 0.2) is 35.2 Å². The number of anilines is 1. The van der Waals surface area contributed by atoms with Gasteiger partial charge in [-0.15, -0.1) is 0 Å². The molecule has 0 fully saturated rings. The van der Waals surface area contributed by atoms with Gasteiger partial charge >= 0.3 is 0 Å². The Bertz CT molecular complexity index is 559. The van der Waals surface area contributed by atoms with E-state index in [1.807, 2.05) is 0 Å². The molecule has 0 bridgehead atoms. The minimum absolute atomic E-state index is 0.193. The van der Waals surface area contributed by atoms with Crippen LogP contribution in [0.5, 0.6) is 0 Å². The number of amides is 1. The van der Waals surface area contributed by atoms with E-state index in [9.17, 15) is 13.2 Å². The number of benzene rings is 1. The maximum atomic E-state index is 11.4. The SMILES string of the molecule is CC=CC(=O)Nc1cc(S(C)(=O)=O)ccc1C. The second-order valence-corrected chi connectivity index (χ2v) is 5.75. The minimum atomic E-state index is -3.26. The fourth-order valence-electron chi connectivity index (χ4n) is 1.29. The Labute approximate surface area is 101 Å². The highest BCUT2D eigenvalue weighted by atomic mass is 32.2. The smallest absolute Gasteiger partial charge is 0.248 e. The zero-order valence-electron chi connectivity index (χ0n) is 10.0. The van der Waals surface area contributed by atoms with Gasteiger partial charge in [-0.25, -0.2) is 8.42 Å². The molecule has 1 aromatic rings. The molecule has 5 heteroatoms. The number of aryl methyl sites for hydroxylation is 1. The first-order valence-corrected chi connectivity index (χ1v) is 6.98. The molecule has 0 spiro atoms. The monoisotopic (exact) mass is 253 g/mol. The Balaban J connectivity index is 3.12. The Kier molecular flexibility index (Phi) is 4.07. The Morgan fingerprint density at radius 3 is 2.53 bits per heavy atom. The van der Waals surface area contributed by atoms with Crippen molar-refractivity contribution in [2.45, 2.75) is 18.7 Å². The number of carbonyl (C=O) groups excluding carboxylic acids is 1. The van der Waals surface area contributed by atoms with Crippen LogP contribution in [0, 0.1) is 6.92 Å². The second kappa shape index (κ2) is 5.14. The number of hydrogen-bond acceptors (Lipinski definition) is 3. The standard InChI is InChI=1S/C12H15NO3S/c1-4-5-12(14)13-11-8-10(17(3,15)16)7-6-9(11)2/h4-8H,1-3H3,(H,13,14). The molecule has 0 saturated heterocycles. The summed E-state index contributed by atoms with van der Waals surface area (Å²) >= 11 is 0. The summed E-state index contributed by atoms with van der Waals surface area (Å²) in [5.41, 5.74) is 1.33. The van der Waals surface area contributed by atoms with Gasteiger partial charge in [0.2, 0.25) is 5.91 Å². The Morgan fingerprint density at radius 2 is 2.00 bits per heavy atom. The van der Waals surface area contributed by atoms with Gasteiger partial charge in [-0.05, 0) is 37.6 Å². The molecule has 1 aromatic carbocycles. The number of carbonyl (C=O) groups is 1. The zero-order chi connectivity index (χ0) is 13.1. The van der Waals surface area contributed by atoms with Crippen LogP contribution in [0.1, 0.15) is 12.5 Å². The van der Waals surface area contributed by atoms with Gasteiger partial charge < -0.3 is 5.32 Å². The van der Waals surface area contributed by atoms with Crippen molar-refractivity contribution in [2.24, 2.45) is 0 Å². The number of rotatable bonds is 3. The van der Waals surface area contributed by atoms with Gasteiger partial charge in [0.05, 0.1) is 4.90 Å². The lowest BCUT2D eigenvalue weighted by atomic mass is 10.2. The summed E-state index contributed by atoms with van der Waals surface area (Å²) in [6.45, 7) is 3.54. The maximum absolute atomic E-state index is 11.4. The van der Waals surface area contributed by atoms with Crippen molar-refractivity contribution >= 4 is 21.4 Å². The summed E-state index contributed by atoms with van der Waals surface area (Å²) < 4.78 is 22.8. The first kappa shape index (κ1) is 13.4. The average Bonchev–Trinajstić information content (AvgIpc) is 2.20. The van der Waals surface area contributed by atoms with Crippen LogP contribution in [0.2, 0.25) is 0 Å². The van der Waals surface area contributed by atoms with Gasteiger partial charge in [0.25, 0.3) is 0 Å². The number of sulfone groups is 1. The molecular weight excluding hydrogens is 238 g/mol. The average molecular weight is 253 g/mol. The third-order valence-electron chi connectivity index (χ3n) is 2.21. The predicted octanol–water partition coefficient (Wildman–Crippen LogP) is 1.91. The summed E-state index contributed by atoms with van der Waals surface area (Å²) in [4.78, 5) is 11.6. The summed E-state index contributed by atoms with van der Waals surface area (Å²) in [5.74, 6) is -0.277. The molecule has 0 aliphatic heterocycles. The molecule has 4 nitrogen and oxygen atoms in total. The highest BCUT2D eigenvalue weighted by Gasteiger charge is 2.10. The lowest BCUT2D eigenvalue weighted by molar-refractivity contribution is -0.111. The van der Waals surface area contributed by atoms with Crippen LogP contribution in [-0.4, -0.2) is 20.6 Å². The van der Waals surface area contributed by atoms with E-state index in [1.54, 1.807) is 26.0 Å². The van der Waals surface area contributed by atoms with E-state index in [4.69, 9.17) is 0 Å². The zero-order valence-corrected chi connectivity index (χ0v) is 10.8. The molecule has 0 aliphatic carbocycles. The van der Waals surface area contributed by atoms with Crippen LogP contribution in [0.4, 0.5) is 5.69 Å². The molecule has 1 rings (SSSR count). The quantitative estimate of drug-likeness (QED) is 0.837. The van der Waals surface area contributed by atoms with Crippen LogP contribution < -0.4 is 5.32 Å². The second-order valence-electron chi connectivity index (χ2n) is 3.74. The topological polar surface area (TPSA) is 63.2 Å². The fraction of sp³-hybridized carbons (Fsp3) is 0.250. The number of nitrogens with one attached hydrogen (secondary N) is 1. The van der Waals surface area contributed by atoms with Crippen molar-refractivity contribution in [3.63, 3.8) is 0 Å². The molecule has 1 amide bonds. The Morgan fingerprint density at radius 1 is 1.35 bits per heavy atom. The van der Waals surface area contributed by atoms with Crippen LogP contribution in [0.3, 0.4) is 0 Å². The highest BCUT2D eigenvalue weighted by molar-refractivity contribution is 7.90. The molecule has 0 saturated carbocycles. The van der Waals surface area contributed by atoms with E-state index in [-0.39, 0.29) is 10.8 Å². The van der Waals surface area contributed by atoms with Gasteiger partial charge in [-0.3, -0.25) is 4.79 Å². The third kappa shape index (κ3) is 3.71. The fourth-order valence-corrected chi connectivity index (χ4v) is 1.94. The van der Waals surface area contributed by atoms with Gasteiger partial charge in [-0.2, -0.15) is 0 Å². The minimum Gasteiger partial charge on any atom is -0.322 e. The van der Waals surface area contributed by atoms with Crippen molar-refractivity contribution < 1.29 is 13.2 Å². The van der Waals surface area contributed by atoms with Gasteiger partial charge in [0, 0.05) is 11.9 Å². The molecule has 0 aliphatic rings. The first-order chi connectivity index (χ1) is 7.84.